The van der Waals surface area contributed by atoms with Crippen molar-refractivity contribution in [2.24, 2.45) is 5.41 Å². The van der Waals surface area contributed by atoms with E-state index in [-0.39, 0.29) is 5.25 Å². The molecule has 1 aromatic rings. The van der Waals surface area contributed by atoms with Crippen LogP contribution in [0.2, 0.25) is 0 Å². The number of carbonyl (C=O) groups excluding carboxylic acids is 1. The van der Waals surface area contributed by atoms with Gasteiger partial charge < -0.3 is 10.4 Å². The summed E-state index contributed by atoms with van der Waals surface area (Å²) in [6, 6.07) is 7.25. The Bertz CT molecular complexity index is 663. The van der Waals surface area contributed by atoms with Crippen LogP contribution in [-0.4, -0.2) is 26.4 Å². The van der Waals surface area contributed by atoms with Crippen molar-refractivity contribution in [3.63, 3.8) is 0 Å². The number of anilines is 1. The van der Waals surface area contributed by atoms with Gasteiger partial charge in [0.2, 0.25) is 5.91 Å². The molecule has 1 unspecified atom stereocenters. The number of hydrogen-bond donors (Lipinski definition) is 2. The third kappa shape index (κ3) is 3.69. The van der Waals surface area contributed by atoms with E-state index < -0.39 is 28.1 Å². The molecule has 2 fully saturated rings. The maximum absolute atomic E-state index is 12.5. The topological polar surface area (TPSA) is 83.5 Å². The first-order chi connectivity index (χ1) is 11.5. The standard InChI is InChI=1S/C18H23NO4S/c20-16(18(9-10-18)17(21)22)19-14-6-4-5-13(11-14)12-24(23)15-7-2-1-3-8-15/h4-6,11,15H,1-3,7-10,12H2,(H,19,20)(H,21,22). The monoisotopic (exact) mass is 349 g/mol. The van der Waals surface area contributed by atoms with Crippen LogP contribution in [0, 0.1) is 5.41 Å². The van der Waals surface area contributed by atoms with Gasteiger partial charge in [-0.1, -0.05) is 31.4 Å². The van der Waals surface area contributed by atoms with E-state index in [1.54, 1.807) is 12.1 Å². The van der Waals surface area contributed by atoms with Crippen LogP contribution in [0.15, 0.2) is 24.3 Å². The highest BCUT2D eigenvalue weighted by Gasteiger charge is 2.57. The zero-order valence-corrected chi connectivity index (χ0v) is 14.4. The smallest absolute Gasteiger partial charge is 0.319 e. The van der Waals surface area contributed by atoms with E-state index in [0.29, 0.717) is 24.3 Å². The molecule has 2 aliphatic rings. The summed E-state index contributed by atoms with van der Waals surface area (Å²) in [6.07, 6.45) is 6.39. The Hall–Kier alpha value is -1.69. The van der Waals surface area contributed by atoms with Crippen LogP contribution in [0.4, 0.5) is 5.69 Å². The van der Waals surface area contributed by atoms with Crippen LogP contribution in [0.3, 0.4) is 0 Å². The molecule has 2 saturated carbocycles. The maximum atomic E-state index is 12.5. The molecular formula is C18H23NO4S. The highest BCUT2D eigenvalue weighted by atomic mass is 32.2. The number of carboxylic acid groups (broad SMARTS) is 1. The first-order valence-electron chi connectivity index (χ1n) is 8.52. The van der Waals surface area contributed by atoms with E-state index in [1.807, 2.05) is 12.1 Å². The minimum absolute atomic E-state index is 0.277. The van der Waals surface area contributed by atoms with Gasteiger partial charge in [-0.25, -0.2) is 0 Å². The molecule has 0 saturated heterocycles. The van der Waals surface area contributed by atoms with Gasteiger partial charge in [0, 0.05) is 27.5 Å². The molecule has 130 valence electrons. The minimum Gasteiger partial charge on any atom is -0.480 e. The Labute approximate surface area is 144 Å². The highest BCUT2D eigenvalue weighted by molar-refractivity contribution is 7.84. The fourth-order valence-corrected chi connectivity index (χ4v) is 4.87. The summed E-state index contributed by atoms with van der Waals surface area (Å²) in [5.41, 5.74) is 0.239. The van der Waals surface area contributed by atoms with Crippen LogP contribution in [-0.2, 0) is 26.1 Å². The summed E-state index contributed by atoms with van der Waals surface area (Å²) in [7, 11) is -0.897. The predicted molar refractivity (Wildman–Crippen MR) is 93.1 cm³/mol. The molecule has 0 aliphatic heterocycles. The third-order valence-electron chi connectivity index (χ3n) is 5.01. The molecule has 1 atom stereocenters. The van der Waals surface area contributed by atoms with E-state index in [9.17, 15) is 13.8 Å². The van der Waals surface area contributed by atoms with Crippen molar-refractivity contribution in [1.29, 1.82) is 0 Å². The van der Waals surface area contributed by atoms with Crippen LogP contribution in [0.5, 0.6) is 0 Å². The number of benzene rings is 1. The van der Waals surface area contributed by atoms with Gasteiger partial charge in [-0.15, -0.1) is 0 Å². The van der Waals surface area contributed by atoms with Gasteiger partial charge in [-0.2, -0.15) is 0 Å². The summed E-state index contributed by atoms with van der Waals surface area (Å²) >= 11 is 0. The van der Waals surface area contributed by atoms with Crippen molar-refractivity contribution in [3.8, 4) is 0 Å². The number of amides is 1. The molecule has 2 aliphatic carbocycles. The summed E-state index contributed by atoms with van der Waals surface area (Å²) in [5.74, 6) is -1.03. The first kappa shape index (κ1) is 17.1. The van der Waals surface area contributed by atoms with Gasteiger partial charge >= 0.3 is 5.97 Å². The van der Waals surface area contributed by atoms with Gasteiger partial charge in [0.25, 0.3) is 0 Å². The molecule has 0 spiro atoms. The van der Waals surface area contributed by atoms with Gasteiger partial charge in [0.05, 0.1) is 0 Å². The summed E-state index contributed by atoms with van der Waals surface area (Å²) in [5, 5.41) is 12.1. The molecular weight excluding hydrogens is 326 g/mol. The number of aliphatic carboxylic acids is 1. The molecule has 0 aromatic heterocycles. The van der Waals surface area contributed by atoms with E-state index >= 15 is 0 Å². The minimum atomic E-state index is -1.25. The predicted octanol–water partition coefficient (Wildman–Crippen LogP) is 3.07. The lowest BCUT2D eigenvalue weighted by atomic mass is 10.0. The number of carbonyl (C=O) groups is 2. The number of carboxylic acids is 1. The zero-order chi connectivity index (χ0) is 17.2. The zero-order valence-electron chi connectivity index (χ0n) is 13.6. The van der Waals surface area contributed by atoms with Crippen molar-refractivity contribution in [2.45, 2.75) is 55.9 Å². The third-order valence-corrected chi connectivity index (χ3v) is 6.84. The van der Waals surface area contributed by atoms with E-state index in [4.69, 9.17) is 5.11 Å². The maximum Gasteiger partial charge on any atom is 0.319 e. The van der Waals surface area contributed by atoms with Crippen LogP contribution in [0.1, 0.15) is 50.5 Å². The second-order valence-electron chi connectivity index (χ2n) is 6.83. The molecule has 2 N–H and O–H groups in total. The molecule has 0 radical (unpaired) electrons. The van der Waals surface area contributed by atoms with Gasteiger partial charge in [-0.05, 0) is 43.4 Å². The lowest BCUT2D eigenvalue weighted by Crippen LogP contribution is -2.31. The van der Waals surface area contributed by atoms with Crippen molar-refractivity contribution >= 4 is 28.4 Å². The second kappa shape index (κ2) is 7.05. The summed E-state index contributed by atoms with van der Waals surface area (Å²) in [6.45, 7) is 0. The average Bonchev–Trinajstić information content (AvgIpc) is 3.38. The lowest BCUT2D eigenvalue weighted by molar-refractivity contribution is -0.147. The van der Waals surface area contributed by atoms with Crippen molar-refractivity contribution < 1.29 is 18.9 Å². The van der Waals surface area contributed by atoms with Crippen molar-refractivity contribution in [3.05, 3.63) is 29.8 Å². The SMILES string of the molecule is O=C(O)C1(C(=O)Nc2cccc(CS(=O)C3CCCCC3)c2)CC1. The number of rotatable bonds is 6. The van der Waals surface area contributed by atoms with E-state index in [2.05, 4.69) is 5.32 Å². The Morgan fingerprint density at radius 2 is 1.92 bits per heavy atom. The normalized spacial score (nSPS) is 21.0. The van der Waals surface area contributed by atoms with Crippen molar-refractivity contribution in [1.82, 2.24) is 0 Å². The number of hydrogen-bond acceptors (Lipinski definition) is 3. The van der Waals surface area contributed by atoms with Gasteiger partial charge in [-0.3, -0.25) is 13.8 Å². The summed E-state index contributed by atoms with van der Waals surface area (Å²) in [4.78, 5) is 23.4. The Morgan fingerprint density at radius 3 is 2.54 bits per heavy atom. The Balaban J connectivity index is 1.63. The molecule has 0 heterocycles. The summed E-state index contributed by atoms with van der Waals surface area (Å²) < 4.78 is 12.5. The van der Waals surface area contributed by atoms with Gasteiger partial charge in [0.1, 0.15) is 5.41 Å². The second-order valence-corrected chi connectivity index (χ2v) is 8.54. The van der Waals surface area contributed by atoms with E-state index in [0.717, 1.165) is 31.2 Å². The quantitative estimate of drug-likeness (QED) is 0.773. The largest absolute Gasteiger partial charge is 0.480 e. The van der Waals surface area contributed by atoms with Crippen LogP contribution < -0.4 is 5.32 Å². The fourth-order valence-electron chi connectivity index (χ4n) is 3.26. The lowest BCUT2D eigenvalue weighted by Gasteiger charge is -2.21. The average molecular weight is 349 g/mol. The molecule has 1 amide bonds. The fraction of sp³-hybridized carbons (Fsp3) is 0.556. The molecule has 1 aromatic carbocycles. The molecule has 3 rings (SSSR count). The number of nitrogens with one attached hydrogen (secondary N) is 1. The van der Waals surface area contributed by atoms with Crippen LogP contribution >= 0.6 is 0 Å². The molecule has 24 heavy (non-hydrogen) atoms. The Morgan fingerprint density at radius 1 is 1.21 bits per heavy atom. The van der Waals surface area contributed by atoms with E-state index in [1.165, 1.54) is 6.42 Å². The Kier molecular flexibility index (Phi) is 5.04. The van der Waals surface area contributed by atoms with Crippen molar-refractivity contribution in [2.75, 3.05) is 5.32 Å². The molecule has 0 bridgehead atoms. The van der Waals surface area contributed by atoms with Crippen LogP contribution in [0.25, 0.3) is 0 Å². The molecule has 6 heteroatoms. The first-order valence-corrected chi connectivity index (χ1v) is 9.90. The van der Waals surface area contributed by atoms with Gasteiger partial charge in [0.15, 0.2) is 0 Å². The highest BCUT2D eigenvalue weighted by Crippen LogP contribution is 2.46. The molecule has 5 nitrogen and oxygen atoms in total.